The summed E-state index contributed by atoms with van der Waals surface area (Å²) in [6.07, 6.45) is 5.38. The van der Waals surface area contributed by atoms with E-state index in [1.54, 1.807) is 0 Å². The first-order valence-electron chi connectivity index (χ1n) is 6.62. The van der Waals surface area contributed by atoms with Gasteiger partial charge in [0, 0.05) is 25.1 Å². The van der Waals surface area contributed by atoms with Crippen LogP contribution in [0.3, 0.4) is 0 Å². The number of nitrogens with one attached hydrogen (secondary N) is 1. The SMILES string of the molecule is CCOCCC(=O)NCC1(N(C)C)CCCC1. The van der Waals surface area contributed by atoms with Crippen molar-refractivity contribution in [1.82, 2.24) is 10.2 Å². The van der Waals surface area contributed by atoms with E-state index in [4.69, 9.17) is 4.74 Å². The summed E-state index contributed by atoms with van der Waals surface area (Å²) < 4.78 is 5.18. The average molecular weight is 242 g/mol. The fourth-order valence-electron chi connectivity index (χ4n) is 2.48. The van der Waals surface area contributed by atoms with Crippen molar-refractivity contribution in [1.29, 1.82) is 0 Å². The van der Waals surface area contributed by atoms with Crippen LogP contribution in [-0.2, 0) is 9.53 Å². The second kappa shape index (κ2) is 6.97. The van der Waals surface area contributed by atoms with Gasteiger partial charge in [-0.1, -0.05) is 12.8 Å². The topological polar surface area (TPSA) is 41.6 Å². The van der Waals surface area contributed by atoms with Gasteiger partial charge in [0.15, 0.2) is 0 Å². The van der Waals surface area contributed by atoms with E-state index in [9.17, 15) is 4.79 Å². The van der Waals surface area contributed by atoms with E-state index >= 15 is 0 Å². The zero-order valence-electron chi connectivity index (χ0n) is 11.4. The molecule has 0 atom stereocenters. The zero-order valence-corrected chi connectivity index (χ0v) is 11.4. The van der Waals surface area contributed by atoms with Crippen molar-refractivity contribution >= 4 is 5.91 Å². The van der Waals surface area contributed by atoms with Crippen LogP contribution in [-0.4, -0.2) is 50.2 Å². The van der Waals surface area contributed by atoms with Crippen LogP contribution in [0.5, 0.6) is 0 Å². The quantitative estimate of drug-likeness (QED) is 0.686. The van der Waals surface area contributed by atoms with Gasteiger partial charge in [-0.2, -0.15) is 0 Å². The Bertz CT molecular complexity index is 236. The van der Waals surface area contributed by atoms with Gasteiger partial charge in [0.25, 0.3) is 0 Å². The lowest BCUT2D eigenvalue weighted by molar-refractivity contribution is -0.122. The molecule has 100 valence electrons. The van der Waals surface area contributed by atoms with Gasteiger partial charge in [-0.15, -0.1) is 0 Å². The molecule has 0 aromatic carbocycles. The maximum Gasteiger partial charge on any atom is 0.222 e. The molecule has 4 heteroatoms. The van der Waals surface area contributed by atoms with Gasteiger partial charge in [-0.25, -0.2) is 0 Å². The molecule has 1 amide bonds. The summed E-state index contributed by atoms with van der Waals surface area (Å²) in [4.78, 5) is 13.9. The number of likely N-dealkylation sites (N-methyl/N-ethyl adjacent to an activating group) is 1. The van der Waals surface area contributed by atoms with Gasteiger partial charge >= 0.3 is 0 Å². The minimum Gasteiger partial charge on any atom is -0.381 e. The van der Waals surface area contributed by atoms with Crippen LogP contribution in [0.15, 0.2) is 0 Å². The van der Waals surface area contributed by atoms with Crippen LogP contribution in [0.25, 0.3) is 0 Å². The van der Waals surface area contributed by atoms with Crippen molar-refractivity contribution in [2.75, 3.05) is 33.9 Å². The van der Waals surface area contributed by atoms with Crippen molar-refractivity contribution < 1.29 is 9.53 Å². The molecule has 1 rings (SSSR count). The first kappa shape index (κ1) is 14.5. The van der Waals surface area contributed by atoms with Crippen LogP contribution in [0.2, 0.25) is 0 Å². The maximum absolute atomic E-state index is 11.6. The molecular formula is C13H26N2O2. The maximum atomic E-state index is 11.6. The highest BCUT2D eigenvalue weighted by atomic mass is 16.5. The van der Waals surface area contributed by atoms with Crippen molar-refractivity contribution in [3.05, 3.63) is 0 Å². The summed E-state index contributed by atoms with van der Waals surface area (Å²) in [6.45, 7) is 3.91. The molecule has 0 bridgehead atoms. The van der Waals surface area contributed by atoms with Gasteiger partial charge in [0.2, 0.25) is 5.91 Å². The molecule has 17 heavy (non-hydrogen) atoms. The van der Waals surface area contributed by atoms with Gasteiger partial charge < -0.3 is 15.0 Å². The molecule has 0 aromatic heterocycles. The van der Waals surface area contributed by atoms with Crippen LogP contribution >= 0.6 is 0 Å². The van der Waals surface area contributed by atoms with Crippen LogP contribution in [0.4, 0.5) is 0 Å². The Morgan fingerprint density at radius 1 is 1.35 bits per heavy atom. The molecule has 4 nitrogen and oxygen atoms in total. The largest absolute Gasteiger partial charge is 0.381 e. The number of amides is 1. The average Bonchev–Trinajstić information content (AvgIpc) is 2.77. The molecular weight excluding hydrogens is 216 g/mol. The molecule has 0 spiro atoms. The van der Waals surface area contributed by atoms with Gasteiger partial charge in [-0.3, -0.25) is 4.79 Å². The lowest BCUT2D eigenvalue weighted by Gasteiger charge is -2.36. The highest BCUT2D eigenvalue weighted by molar-refractivity contribution is 5.76. The Labute approximate surface area is 105 Å². The third-order valence-corrected chi connectivity index (χ3v) is 3.78. The Morgan fingerprint density at radius 3 is 2.53 bits per heavy atom. The van der Waals surface area contributed by atoms with Gasteiger partial charge in [0.1, 0.15) is 0 Å². The Balaban J connectivity index is 2.30. The van der Waals surface area contributed by atoms with Gasteiger partial charge in [-0.05, 0) is 33.9 Å². The predicted octanol–water partition coefficient (Wildman–Crippen LogP) is 1.40. The second-order valence-corrected chi connectivity index (χ2v) is 5.05. The number of nitrogens with zero attached hydrogens (tertiary/aromatic N) is 1. The number of hydrogen-bond acceptors (Lipinski definition) is 3. The highest BCUT2D eigenvalue weighted by Crippen LogP contribution is 2.32. The monoisotopic (exact) mass is 242 g/mol. The van der Waals surface area contributed by atoms with Crippen LogP contribution < -0.4 is 5.32 Å². The van der Waals surface area contributed by atoms with E-state index < -0.39 is 0 Å². The van der Waals surface area contributed by atoms with E-state index in [0.717, 1.165) is 6.54 Å². The van der Waals surface area contributed by atoms with E-state index in [2.05, 4.69) is 24.3 Å². The molecule has 1 aliphatic rings. The molecule has 0 aromatic rings. The van der Waals surface area contributed by atoms with Crippen molar-refractivity contribution in [2.45, 2.75) is 44.6 Å². The summed E-state index contributed by atoms with van der Waals surface area (Å²) in [5.74, 6) is 0.103. The first-order chi connectivity index (χ1) is 8.10. The molecule has 1 N–H and O–H groups in total. The number of rotatable bonds is 7. The zero-order chi connectivity index (χ0) is 12.7. The predicted molar refractivity (Wildman–Crippen MR) is 69.0 cm³/mol. The molecule has 0 unspecified atom stereocenters. The molecule has 0 saturated heterocycles. The number of hydrogen-bond donors (Lipinski definition) is 1. The lowest BCUT2D eigenvalue weighted by atomic mass is 9.96. The lowest BCUT2D eigenvalue weighted by Crippen LogP contribution is -2.50. The summed E-state index contributed by atoms with van der Waals surface area (Å²) in [5, 5.41) is 3.05. The third-order valence-electron chi connectivity index (χ3n) is 3.78. The number of carbonyl (C=O) groups excluding carboxylic acids is 1. The summed E-state index contributed by atoms with van der Waals surface area (Å²) in [6, 6.07) is 0. The van der Waals surface area contributed by atoms with Crippen molar-refractivity contribution in [2.24, 2.45) is 0 Å². The van der Waals surface area contributed by atoms with E-state index in [1.165, 1.54) is 25.7 Å². The molecule has 1 saturated carbocycles. The molecule has 1 aliphatic carbocycles. The molecule has 0 heterocycles. The van der Waals surface area contributed by atoms with Crippen LogP contribution in [0.1, 0.15) is 39.0 Å². The highest BCUT2D eigenvalue weighted by Gasteiger charge is 2.35. The van der Waals surface area contributed by atoms with E-state index in [1.807, 2.05) is 6.92 Å². The summed E-state index contributed by atoms with van der Waals surface area (Å²) >= 11 is 0. The van der Waals surface area contributed by atoms with Crippen molar-refractivity contribution in [3.63, 3.8) is 0 Å². The number of carbonyl (C=O) groups is 1. The minimum atomic E-state index is 0.103. The number of ether oxygens (including phenoxy) is 1. The normalized spacial score (nSPS) is 18.6. The minimum absolute atomic E-state index is 0.103. The molecule has 0 aliphatic heterocycles. The molecule has 1 fully saturated rings. The van der Waals surface area contributed by atoms with Crippen LogP contribution in [0, 0.1) is 0 Å². The smallest absolute Gasteiger partial charge is 0.222 e. The fraction of sp³-hybridized carbons (Fsp3) is 0.923. The Hall–Kier alpha value is -0.610. The van der Waals surface area contributed by atoms with Gasteiger partial charge in [0.05, 0.1) is 6.61 Å². The van der Waals surface area contributed by atoms with E-state index in [-0.39, 0.29) is 11.4 Å². The fourth-order valence-corrected chi connectivity index (χ4v) is 2.48. The third kappa shape index (κ3) is 4.28. The first-order valence-corrected chi connectivity index (χ1v) is 6.62. The van der Waals surface area contributed by atoms with E-state index in [0.29, 0.717) is 19.6 Å². The Kier molecular flexibility index (Phi) is 5.92. The summed E-state index contributed by atoms with van der Waals surface area (Å²) in [7, 11) is 4.22. The Morgan fingerprint density at radius 2 is 2.00 bits per heavy atom. The second-order valence-electron chi connectivity index (χ2n) is 5.05. The summed E-state index contributed by atoms with van der Waals surface area (Å²) in [5.41, 5.74) is 0.182. The standard InChI is InChI=1S/C13H26N2O2/c1-4-17-10-7-12(16)14-11-13(15(2)3)8-5-6-9-13/h4-11H2,1-3H3,(H,14,16). The molecule has 0 radical (unpaired) electrons. The van der Waals surface area contributed by atoms with Crippen molar-refractivity contribution in [3.8, 4) is 0 Å².